The van der Waals surface area contributed by atoms with Crippen molar-refractivity contribution in [3.05, 3.63) is 36.6 Å². The zero-order valence-electron chi connectivity index (χ0n) is 34.0. The molecule has 0 bridgehead atoms. The van der Waals surface area contributed by atoms with Gasteiger partial charge in [0.1, 0.15) is 19.8 Å². The first-order valence-electron chi connectivity index (χ1n) is 20.7. The van der Waals surface area contributed by atoms with Gasteiger partial charge in [-0.3, -0.25) is 18.6 Å². The molecular formula is C42H79NO8P+. The summed E-state index contributed by atoms with van der Waals surface area (Å²) in [5, 5.41) is 0. The molecule has 0 rings (SSSR count). The number of esters is 1. The maximum atomic E-state index is 12.6. The fourth-order valence-corrected chi connectivity index (χ4v) is 6.18. The third-order valence-electron chi connectivity index (χ3n) is 8.74. The Labute approximate surface area is 319 Å². The van der Waals surface area contributed by atoms with Crippen LogP contribution in [0.3, 0.4) is 0 Å². The lowest BCUT2D eigenvalue weighted by atomic mass is 10.0. The van der Waals surface area contributed by atoms with Crippen molar-refractivity contribution >= 4 is 19.6 Å². The van der Waals surface area contributed by atoms with Gasteiger partial charge in [-0.15, -0.1) is 0 Å². The Morgan fingerprint density at radius 3 is 1.79 bits per heavy atom. The summed E-state index contributed by atoms with van der Waals surface area (Å²) in [6.45, 7) is 4.73. The van der Waals surface area contributed by atoms with Crippen LogP contribution in [-0.4, -0.2) is 74.7 Å². The summed E-state index contributed by atoms with van der Waals surface area (Å²) in [5.74, 6) is -0.262. The highest BCUT2D eigenvalue weighted by Gasteiger charge is 2.26. The first kappa shape index (κ1) is 50.2. The SMILES string of the molecule is CCCCC/C=C\C=C\C(=O)CCCCCCCC(=O)O[C@H](CO/C=C/CCCCCCCCCCCCCC)COP(=O)(O)OCC[N+](C)(C)C. The Balaban J connectivity index is 4.42. The molecule has 1 N–H and O–H groups in total. The highest BCUT2D eigenvalue weighted by molar-refractivity contribution is 7.47. The fraction of sp³-hybridized carbons (Fsp3) is 0.810. The third kappa shape index (κ3) is 38.0. The molecule has 0 saturated carbocycles. The van der Waals surface area contributed by atoms with Crippen LogP contribution in [0, 0.1) is 0 Å². The van der Waals surface area contributed by atoms with Crippen molar-refractivity contribution in [1.29, 1.82) is 0 Å². The third-order valence-corrected chi connectivity index (χ3v) is 9.73. The zero-order chi connectivity index (χ0) is 38.6. The predicted molar refractivity (Wildman–Crippen MR) is 215 cm³/mol. The van der Waals surface area contributed by atoms with E-state index in [2.05, 4.69) is 19.9 Å². The number of carbonyl (C=O) groups is 2. The molecule has 0 aromatic heterocycles. The number of likely N-dealkylation sites (N-methyl/N-ethyl adjacent to an activating group) is 1. The number of hydrogen-bond acceptors (Lipinski definition) is 7. The average Bonchev–Trinajstić information content (AvgIpc) is 3.08. The standard InChI is InChI=1S/C42H78NO8P/c1-6-8-10-12-14-15-16-17-18-19-20-22-27-31-36-48-38-41(39-50-52(46,47)49-37-35-43(3,4)5)51-42(45)34-30-26-23-25-29-33-40(44)32-28-24-21-13-11-9-7-2/h21,24,28,31-32,36,41H,6-20,22-23,25-27,29-30,33-35,37-39H2,1-5H3/p+1/b24-21-,32-28+,36-31+/t41-/m1/s1. The van der Waals surface area contributed by atoms with Crippen molar-refractivity contribution in [3.63, 3.8) is 0 Å². The van der Waals surface area contributed by atoms with Crippen LogP contribution in [0.5, 0.6) is 0 Å². The van der Waals surface area contributed by atoms with Gasteiger partial charge < -0.3 is 18.9 Å². The van der Waals surface area contributed by atoms with Gasteiger partial charge in [0.2, 0.25) is 0 Å². The van der Waals surface area contributed by atoms with Crippen molar-refractivity contribution in [2.24, 2.45) is 0 Å². The van der Waals surface area contributed by atoms with Crippen LogP contribution in [0.25, 0.3) is 0 Å². The van der Waals surface area contributed by atoms with Crippen LogP contribution in [0.2, 0.25) is 0 Å². The molecular weight excluding hydrogens is 677 g/mol. The van der Waals surface area contributed by atoms with E-state index >= 15 is 0 Å². The molecule has 0 aliphatic carbocycles. The topological polar surface area (TPSA) is 108 Å². The van der Waals surface area contributed by atoms with Gasteiger partial charge in [-0.2, -0.15) is 0 Å². The minimum absolute atomic E-state index is 0.0106. The van der Waals surface area contributed by atoms with Gasteiger partial charge in [-0.1, -0.05) is 135 Å². The number of unbranched alkanes of at least 4 members (excludes halogenated alkanes) is 19. The van der Waals surface area contributed by atoms with Gasteiger partial charge in [0.05, 0.1) is 34.0 Å². The lowest BCUT2D eigenvalue weighted by Crippen LogP contribution is -2.37. The molecule has 0 aromatic carbocycles. The van der Waals surface area contributed by atoms with E-state index in [4.69, 9.17) is 18.5 Å². The van der Waals surface area contributed by atoms with E-state index in [1.807, 2.05) is 39.4 Å². The second kappa shape index (κ2) is 35.0. The highest BCUT2D eigenvalue weighted by Crippen LogP contribution is 2.43. The molecule has 0 amide bonds. The second-order valence-electron chi connectivity index (χ2n) is 15.1. The van der Waals surface area contributed by atoms with Gasteiger partial charge in [-0.05, 0) is 50.7 Å². The summed E-state index contributed by atoms with van der Waals surface area (Å²) < 4.78 is 34.6. The first-order valence-corrected chi connectivity index (χ1v) is 22.2. The summed E-state index contributed by atoms with van der Waals surface area (Å²) in [6.07, 6.45) is 36.5. The lowest BCUT2D eigenvalue weighted by molar-refractivity contribution is -0.870. The largest absolute Gasteiger partial charge is 0.498 e. The van der Waals surface area contributed by atoms with E-state index in [9.17, 15) is 19.0 Å². The molecule has 9 nitrogen and oxygen atoms in total. The number of nitrogens with zero attached hydrogens (tertiary/aromatic N) is 1. The molecule has 0 fully saturated rings. The monoisotopic (exact) mass is 757 g/mol. The van der Waals surface area contributed by atoms with E-state index < -0.39 is 19.9 Å². The van der Waals surface area contributed by atoms with Crippen molar-refractivity contribution in [3.8, 4) is 0 Å². The summed E-state index contributed by atoms with van der Waals surface area (Å²) in [5.41, 5.74) is 0. The van der Waals surface area contributed by atoms with Crippen LogP contribution in [0.1, 0.15) is 168 Å². The summed E-state index contributed by atoms with van der Waals surface area (Å²) in [6, 6.07) is 0. The predicted octanol–water partition coefficient (Wildman–Crippen LogP) is 11.4. The van der Waals surface area contributed by atoms with Gasteiger partial charge in [0.15, 0.2) is 11.9 Å². The summed E-state index contributed by atoms with van der Waals surface area (Å²) in [7, 11) is 1.56. The first-order chi connectivity index (χ1) is 25.0. The zero-order valence-corrected chi connectivity index (χ0v) is 34.9. The Morgan fingerprint density at radius 1 is 0.654 bits per heavy atom. The Bertz CT molecular complexity index is 991. The Hall–Kier alpha value is -1.77. The van der Waals surface area contributed by atoms with Crippen molar-refractivity contribution in [1.82, 2.24) is 0 Å². The lowest BCUT2D eigenvalue weighted by Gasteiger charge is -2.24. The van der Waals surface area contributed by atoms with E-state index in [0.717, 1.165) is 44.9 Å². The van der Waals surface area contributed by atoms with E-state index in [-0.39, 0.29) is 32.0 Å². The van der Waals surface area contributed by atoms with Gasteiger partial charge in [0, 0.05) is 12.8 Å². The van der Waals surface area contributed by atoms with Crippen LogP contribution in [0.15, 0.2) is 36.6 Å². The Morgan fingerprint density at radius 2 is 1.17 bits per heavy atom. The average molecular weight is 757 g/mol. The number of hydrogen-bond donors (Lipinski definition) is 1. The summed E-state index contributed by atoms with van der Waals surface area (Å²) in [4.78, 5) is 34.8. The van der Waals surface area contributed by atoms with Crippen molar-refractivity contribution < 1.29 is 42.1 Å². The van der Waals surface area contributed by atoms with E-state index in [0.29, 0.717) is 23.9 Å². The van der Waals surface area contributed by atoms with Crippen LogP contribution in [0.4, 0.5) is 0 Å². The molecule has 0 aliphatic heterocycles. The van der Waals surface area contributed by atoms with Crippen molar-refractivity contribution in [2.75, 3.05) is 47.5 Å². The molecule has 0 aliphatic rings. The number of phosphoric acid groups is 1. The molecule has 304 valence electrons. The number of ketones is 1. The molecule has 10 heteroatoms. The highest BCUT2D eigenvalue weighted by atomic mass is 31.2. The number of rotatable bonds is 38. The van der Waals surface area contributed by atoms with Crippen LogP contribution >= 0.6 is 7.82 Å². The van der Waals surface area contributed by atoms with Crippen LogP contribution < -0.4 is 0 Å². The quantitative estimate of drug-likeness (QED) is 0.0126. The number of quaternary nitrogens is 1. The number of allylic oxidation sites excluding steroid dienone is 5. The smallest absolute Gasteiger partial charge is 0.472 e. The van der Waals surface area contributed by atoms with Crippen LogP contribution in [-0.2, 0) is 32.7 Å². The minimum Gasteiger partial charge on any atom is -0.498 e. The molecule has 1 unspecified atom stereocenters. The number of carbonyl (C=O) groups excluding carboxylic acids is 2. The van der Waals surface area contributed by atoms with Crippen molar-refractivity contribution in [2.45, 2.75) is 174 Å². The molecule has 2 atom stereocenters. The fourth-order valence-electron chi connectivity index (χ4n) is 5.44. The Kier molecular flexibility index (Phi) is 33.8. The molecule has 0 radical (unpaired) electrons. The summed E-state index contributed by atoms with van der Waals surface area (Å²) >= 11 is 0. The number of ether oxygens (including phenoxy) is 2. The van der Waals surface area contributed by atoms with E-state index in [1.165, 1.54) is 89.9 Å². The normalized spacial score (nSPS) is 14.0. The van der Waals surface area contributed by atoms with Gasteiger partial charge in [0.25, 0.3) is 0 Å². The molecule has 0 saturated heterocycles. The molecule has 0 spiro atoms. The molecule has 0 aromatic rings. The molecule has 52 heavy (non-hydrogen) atoms. The maximum absolute atomic E-state index is 12.6. The minimum atomic E-state index is -4.32. The molecule has 0 heterocycles. The maximum Gasteiger partial charge on any atom is 0.472 e. The van der Waals surface area contributed by atoms with E-state index in [1.54, 1.807) is 12.3 Å². The van der Waals surface area contributed by atoms with Gasteiger partial charge in [-0.25, -0.2) is 4.57 Å². The second-order valence-corrected chi connectivity index (χ2v) is 16.6. The number of phosphoric ester groups is 1. The van der Waals surface area contributed by atoms with Gasteiger partial charge >= 0.3 is 13.8 Å².